The number of esters is 1. The summed E-state index contributed by atoms with van der Waals surface area (Å²) >= 11 is 1.30. The summed E-state index contributed by atoms with van der Waals surface area (Å²) in [6.45, 7) is 3.87. The topological polar surface area (TPSA) is 73.3 Å². The molecule has 0 aliphatic heterocycles. The quantitative estimate of drug-likeness (QED) is 0.726. The Balaban J connectivity index is 2.12. The molecular weight excluding hydrogens is 326 g/mol. The lowest BCUT2D eigenvalue weighted by molar-refractivity contribution is 0.0605. The third-order valence-electron chi connectivity index (χ3n) is 3.71. The lowest BCUT2D eigenvalue weighted by atomic mass is 10.1. The van der Waals surface area contributed by atoms with Crippen molar-refractivity contribution in [1.29, 1.82) is 0 Å². The molecule has 0 amide bonds. The Morgan fingerprint density at radius 3 is 2.71 bits per heavy atom. The molecule has 0 unspecified atom stereocenters. The Kier molecular flexibility index (Phi) is 4.35. The molecule has 0 saturated heterocycles. The van der Waals surface area contributed by atoms with Crippen LogP contribution in [0, 0.1) is 13.8 Å². The maximum Gasteiger partial charge on any atom is 0.348 e. The smallest absolute Gasteiger partial charge is 0.348 e. The molecular formula is C17H17N3O3S. The van der Waals surface area contributed by atoms with Gasteiger partial charge in [-0.25, -0.2) is 14.8 Å². The SMILES string of the molecule is COC(=O)c1sc2ncnc(Nc3cc(C)ccc3OC)c2c1C. The number of ether oxygens (including phenoxy) is 2. The van der Waals surface area contributed by atoms with Crippen LogP contribution in [-0.2, 0) is 4.74 Å². The van der Waals surface area contributed by atoms with E-state index in [-0.39, 0.29) is 5.97 Å². The number of carbonyl (C=O) groups is 1. The molecule has 0 aliphatic carbocycles. The van der Waals surface area contributed by atoms with Crippen LogP contribution >= 0.6 is 11.3 Å². The molecule has 3 rings (SSSR count). The van der Waals surface area contributed by atoms with Crippen LogP contribution in [0.1, 0.15) is 20.8 Å². The van der Waals surface area contributed by atoms with Gasteiger partial charge in [-0.1, -0.05) is 6.07 Å². The Labute approximate surface area is 143 Å². The predicted molar refractivity (Wildman–Crippen MR) is 94.5 cm³/mol. The molecule has 0 aliphatic rings. The van der Waals surface area contributed by atoms with Crippen LogP contribution in [0.5, 0.6) is 5.75 Å². The fourth-order valence-electron chi connectivity index (χ4n) is 2.50. The molecule has 1 N–H and O–H groups in total. The van der Waals surface area contributed by atoms with Crippen molar-refractivity contribution in [2.45, 2.75) is 13.8 Å². The number of methoxy groups -OCH3 is 2. The van der Waals surface area contributed by atoms with Gasteiger partial charge in [0.1, 0.15) is 27.6 Å². The fraction of sp³-hybridized carbons (Fsp3) is 0.235. The average molecular weight is 343 g/mol. The van der Waals surface area contributed by atoms with Crippen LogP contribution in [0.3, 0.4) is 0 Å². The van der Waals surface area contributed by atoms with Crippen molar-refractivity contribution in [1.82, 2.24) is 9.97 Å². The van der Waals surface area contributed by atoms with Gasteiger partial charge in [0.25, 0.3) is 0 Å². The zero-order valence-corrected chi connectivity index (χ0v) is 14.7. The van der Waals surface area contributed by atoms with Crippen molar-refractivity contribution in [3.05, 3.63) is 40.5 Å². The molecule has 6 nitrogen and oxygen atoms in total. The van der Waals surface area contributed by atoms with E-state index in [0.717, 1.165) is 27.0 Å². The van der Waals surface area contributed by atoms with Crippen LogP contribution < -0.4 is 10.1 Å². The predicted octanol–water partition coefficient (Wildman–Crippen LogP) is 3.85. The highest BCUT2D eigenvalue weighted by molar-refractivity contribution is 7.20. The molecule has 0 bridgehead atoms. The summed E-state index contributed by atoms with van der Waals surface area (Å²) in [5, 5.41) is 4.11. The van der Waals surface area contributed by atoms with E-state index in [9.17, 15) is 4.79 Å². The van der Waals surface area contributed by atoms with Crippen LogP contribution in [0.15, 0.2) is 24.5 Å². The standard InChI is InChI=1S/C17H17N3O3S/c1-9-5-6-12(22-3)11(7-9)20-15-13-10(2)14(17(21)23-4)24-16(13)19-8-18-15/h5-8H,1-4H3,(H,18,19,20). The highest BCUT2D eigenvalue weighted by Crippen LogP contribution is 2.36. The van der Waals surface area contributed by atoms with Gasteiger partial charge >= 0.3 is 5.97 Å². The number of thiophene rings is 1. The molecule has 7 heteroatoms. The highest BCUT2D eigenvalue weighted by Gasteiger charge is 2.20. The number of benzene rings is 1. The van der Waals surface area contributed by atoms with Crippen LogP contribution in [0.2, 0.25) is 0 Å². The summed E-state index contributed by atoms with van der Waals surface area (Å²) in [7, 11) is 2.99. The second-order valence-corrected chi connectivity index (χ2v) is 6.28. The van der Waals surface area contributed by atoms with E-state index in [1.165, 1.54) is 24.8 Å². The zero-order chi connectivity index (χ0) is 17.3. The van der Waals surface area contributed by atoms with E-state index in [1.54, 1.807) is 7.11 Å². The Bertz CT molecular complexity index is 921. The van der Waals surface area contributed by atoms with E-state index in [1.807, 2.05) is 32.0 Å². The first kappa shape index (κ1) is 16.2. The minimum Gasteiger partial charge on any atom is -0.495 e. The molecule has 0 saturated carbocycles. The monoisotopic (exact) mass is 343 g/mol. The summed E-state index contributed by atoms with van der Waals surface area (Å²) in [5.74, 6) is 0.982. The molecule has 1 aromatic carbocycles. The number of fused-ring (bicyclic) bond motifs is 1. The number of aromatic nitrogens is 2. The molecule has 2 aromatic heterocycles. The van der Waals surface area contributed by atoms with Crippen molar-refractivity contribution in [3.63, 3.8) is 0 Å². The van der Waals surface area contributed by atoms with E-state index < -0.39 is 0 Å². The Morgan fingerprint density at radius 1 is 1.21 bits per heavy atom. The van der Waals surface area contributed by atoms with Gasteiger partial charge in [0, 0.05) is 0 Å². The average Bonchev–Trinajstić information content (AvgIpc) is 2.92. The minimum absolute atomic E-state index is 0.366. The maximum atomic E-state index is 11.9. The van der Waals surface area contributed by atoms with Gasteiger partial charge < -0.3 is 14.8 Å². The van der Waals surface area contributed by atoms with Gasteiger partial charge in [-0.2, -0.15) is 0 Å². The number of aryl methyl sites for hydroxylation is 2. The number of hydrogen-bond acceptors (Lipinski definition) is 7. The van der Waals surface area contributed by atoms with Gasteiger partial charge in [0.2, 0.25) is 0 Å². The largest absolute Gasteiger partial charge is 0.495 e. The van der Waals surface area contributed by atoms with Gasteiger partial charge in [0.05, 0.1) is 25.3 Å². The zero-order valence-electron chi connectivity index (χ0n) is 13.8. The number of nitrogens with one attached hydrogen (secondary N) is 1. The summed E-state index contributed by atoms with van der Waals surface area (Å²) in [6.07, 6.45) is 1.48. The molecule has 0 fully saturated rings. The maximum absolute atomic E-state index is 11.9. The summed E-state index contributed by atoms with van der Waals surface area (Å²) in [6, 6.07) is 5.86. The molecule has 0 spiro atoms. The van der Waals surface area contributed by atoms with E-state index in [2.05, 4.69) is 15.3 Å². The number of hydrogen-bond donors (Lipinski definition) is 1. The number of anilines is 2. The third-order valence-corrected chi connectivity index (χ3v) is 4.89. The van der Waals surface area contributed by atoms with Crippen molar-refractivity contribution in [2.24, 2.45) is 0 Å². The Morgan fingerprint density at radius 2 is 2.00 bits per heavy atom. The molecule has 0 atom stereocenters. The van der Waals surface area contributed by atoms with E-state index >= 15 is 0 Å². The van der Waals surface area contributed by atoms with Crippen LogP contribution in [0.25, 0.3) is 10.2 Å². The van der Waals surface area contributed by atoms with Crippen molar-refractivity contribution in [3.8, 4) is 5.75 Å². The van der Waals surface area contributed by atoms with Crippen LogP contribution in [0.4, 0.5) is 11.5 Å². The third kappa shape index (κ3) is 2.78. The molecule has 124 valence electrons. The molecule has 0 radical (unpaired) electrons. The summed E-state index contributed by atoms with van der Waals surface area (Å²) < 4.78 is 10.2. The first-order valence-corrected chi connectivity index (χ1v) is 8.11. The van der Waals surface area contributed by atoms with Crippen LogP contribution in [-0.4, -0.2) is 30.2 Å². The number of nitrogens with zero attached hydrogens (tertiary/aromatic N) is 2. The Hall–Kier alpha value is -2.67. The second kappa shape index (κ2) is 6.45. The fourth-order valence-corrected chi connectivity index (χ4v) is 3.57. The van der Waals surface area contributed by atoms with Crippen molar-refractivity contribution < 1.29 is 14.3 Å². The first-order chi connectivity index (χ1) is 11.5. The summed E-state index contributed by atoms with van der Waals surface area (Å²) in [5.41, 5.74) is 2.71. The number of rotatable bonds is 4. The van der Waals surface area contributed by atoms with Crippen molar-refractivity contribution in [2.75, 3.05) is 19.5 Å². The van der Waals surface area contributed by atoms with E-state index in [4.69, 9.17) is 9.47 Å². The molecule has 3 aromatic rings. The van der Waals surface area contributed by atoms with E-state index in [0.29, 0.717) is 16.4 Å². The van der Waals surface area contributed by atoms with Gasteiger partial charge in [-0.15, -0.1) is 11.3 Å². The van der Waals surface area contributed by atoms with Gasteiger partial charge in [-0.3, -0.25) is 0 Å². The number of carbonyl (C=O) groups excluding carboxylic acids is 1. The second-order valence-electron chi connectivity index (χ2n) is 5.28. The lowest BCUT2D eigenvalue weighted by Crippen LogP contribution is -2.01. The van der Waals surface area contributed by atoms with Gasteiger partial charge in [0.15, 0.2) is 0 Å². The highest BCUT2D eigenvalue weighted by atomic mass is 32.1. The molecule has 2 heterocycles. The van der Waals surface area contributed by atoms with Crippen molar-refractivity contribution >= 4 is 39.0 Å². The lowest BCUT2D eigenvalue weighted by Gasteiger charge is -2.12. The normalized spacial score (nSPS) is 10.7. The molecule has 24 heavy (non-hydrogen) atoms. The minimum atomic E-state index is -0.366. The summed E-state index contributed by atoms with van der Waals surface area (Å²) in [4.78, 5) is 21.8. The first-order valence-electron chi connectivity index (χ1n) is 7.29. The van der Waals surface area contributed by atoms with Gasteiger partial charge in [-0.05, 0) is 37.1 Å².